The SMILES string of the molecule is NC(=NCCOC=O)c1ccc(OCCO/N=C(\C(=O)N[C@H]2CN(S(=O)(=O)O)C2=O)c2csc(N)n2)cc1. The highest BCUT2D eigenvalue weighted by Crippen LogP contribution is 2.16. The molecule has 18 heteroatoms. The highest BCUT2D eigenvalue weighted by Gasteiger charge is 2.45. The van der Waals surface area contributed by atoms with Crippen LogP contribution in [0.25, 0.3) is 0 Å². The molecular weight excluding hydrogens is 546 g/mol. The Kier molecular flexibility index (Phi) is 9.52. The third-order valence-electron chi connectivity index (χ3n) is 4.76. The second-order valence-electron chi connectivity index (χ2n) is 7.32. The molecule has 1 saturated heterocycles. The molecule has 1 atom stereocenters. The number of thiazole rings is 1. The van der Waals surface area contributed by atoms with Gasteiger partial charge in [-0.1, -0.05) is 5.16 Å². The Labute approximate surface area is 220 Å². The van der Waals surface area contributed by atoms with Crippen LogP contribution in [-0.4, -0.2) is 91.0 Å². The molecular formula is C20H23N7O9S2. The summed E-state index contributed by atoms with van der Waals surface area (Å²) in [4.78, 5) is 47.9. The number of hydrogen-bond donors (Lipinski definition) is 4. The van der Waals surface area contributed by atoms with Gasteiger partial charge in [0.2, 0.25) is 0 Å². The van der Waals surface area contributed by atoms with Crippen LogP contribution in [-0.2, 0) is 34.3 Å². The molecule has 2 amide bonds. The Hall–Kier alpha value is -4.29. The minimum atomic E-state index is -4.70. The predicted octanol–water partition coefficient (Wildman–Crippen LogP) is -1.47. The average molecular weight is 570 g/mol. The third kappa shape index (κ3) is 7.60. The van der Waals surface area contributed by atoms with Crippen LogP contribution in [0.3, 0.4) is 0 Å². The number of aliphatic imine (C=N–C) groups is 1. The molecule has 3 rings (SSSR count). The van der Waals surface area contributed by atoms with Gasteiger partial charge in [-0.25, -0.2) is 9.29 Å². The normalized spacial score (nSPS) is 16.0. The first kappa shape index (κ1) is 28.3. The van der Waals surface area contributed by atoms with Crippen LogP contribution in [0.4, 0.5) is 5.13 Å². The zero-order valence-electron chi connectivity index (χ0n) is 19.6. The summed E-state index contributed by atoms with van der Waals surface area (Å²) in [5.41, 5.74) is 11.9. The molecule has 16 nitrogen and oxygen atoms in total. The second-order valence-corrected chi connectivity index (χ2v) is 9.55. The highest BCUT2D eigenvalue weighted by atomic mass is 32.2. The number of amidine groups is 1. The van der Waals surface area contributed by atoms with Crippen molar-refractivity contribution in [3.63, 3.8) is 0 Å². The number of carbonyl (C=O) groups excluding carboxylic acids is 3. The van der Waals surface area contributed by atoms with Gasteiger partial charge in [0.05, 0.1) is 13.1 Å². The number of rotatable bonds is 14. The number of carbonyl (C=O) groups is 3. The Balaban J connectivity index is 1.52. The Morgan fingerprint density at radius 1 is 1.29 bits per heavy atom. The lowest BCUT2D eigenvalue weighted by Gasteiger charge is -2.35. The molecule has 38 heavy (non-hydrogen) atoms. The number of amides is 2. The van der Waals surface area contributed by atoms with Gasteiger partial charge in [-0.15, -0.1) is 11.3 Å². The van der Waals surface area contributed by atoms with E-state index in [9.17, 15) is 22.8 Å². The standard InChI is InChI=1S/C20H23N7O9S2/c21-17(23-5-6-34-11-28)12-1-3-13(4-2-12)35-7-8-36-26-16(15-10-37-20(22)25-15)18(29)24-14-9-27(19(14)30)38(31,32)33/h1-4,10-11,14H,5-9H2,(H2,21,23)(H2,22,25)(H,24,29)(H,31,32,33)/b26-16-/t14-/m0/s1. The average Bonchev–Trinajstić information content (AvgIpc) is 3.31. The third-order valence-corrected chi connectivity index (χ3v) is 6.32. The van der Waals surface area contributed by atoms with Crippen molar-refractivity contribution < 1.29 is 41.7 Å². The molecule has 1 aromatic carbocycles. The summed E-state index contributed by atoms with van der Waals surface area (Å²) < 4.78 is 41.4. The van der Waals surface area contributed by atoms with Gasteiger partial charge in [-0.05, 0) is 24.3 Å². The van der Waals surface area contributed by atoms with Crippen LogP contribution >= 0.6 is 11.3 Å². The number of ether oxygens (including phenoxy) is 2. The van der Waals surface area contributed by atoms with E-state index >= 15 is 0 Å². The number of aromatic nitrogens is 1. The molecule has 2 heterocycles. The topological polar surface area (TPSA) is 238 Å². The Bertz CT molecular complexity index is 1330. The summed E-state index contributed by atoms with van der Waals surface area (Å²) in [5.74, 6) is -1.10. The Morgan fingerprint density at radius 2 is 2.03 bits per heavy atom. The number of oxime groups is 1. The van der Waals surface area contributed by atoms with E-state index in [1.54, 1.807) is 24.3 Å². The molecule has 6 N–H and O–H groups in total. The minimum absolute atomic E-state index is 0.0496. The summed E-state index contributed by atoms with van der Waals surface area (Å²) in [7, 11) is -4.70. The molecule has 1 aliphatic rings. The van der Waals surface area contributed by atoms with E-state index in [4.69, 9.17) is 25.6 Å². The van der Waals surface area contributed by atoms with Crippen molar-refractivity contribution in [3.8, 4) is 5.75 Å². The maximum atomic E-state index is 12.7. The van der Waals surface area contributed by atoms with E-state index in [2.05, 4.69) is 25.2 Å². The van der Waals surface area contributed by atoms with Crippen LogP contribution in [0.15, 0.2) is 39.8 Å². The van der Waals surface area contributed by atoms with Crippen molar-refractivity contribution in [1.82, 2.24) is 14.6 Å². The fraction of sp³-hybridized carbons (Fsp3) is 0.300. The van der Waals surface area contributed by atoms with Gasteiger partial charge in [0.1, 0.15) is 36.5 Å². The lowest BCUT2D eigenvalue weighted by atomic mass is 10.1. The maximum Gasteiger partial charge on any atom is 0.362 e. The first-order valence-corrected chi connectivity index (χ1v) is 13.0. The highest BCUT2D eigenvalue weighted by molar-refractivity contribution is 7.84. The first-order valence-electron chi connectivity index (χ1n) is 10.7. The number of anilines is 1. The van der Waals surface area contributed by atoms with Gasteiger partial charge in [0.25, 0.3) is 18.3 Å². The van der Waals surface area contributed by atoms with E-state index in [1.807, 2.05) is 0 Å². The number of β-lactam (4-membered cyclic amide) rings is 1. The van der Waals surface area contributed by atoms with Gasteiger partial charge >= 0.3 is 10.3 Å². The fourth-order valence-corrected chi connectivity index (χ4v) is 4.17. The summed E-state index contributed by atoms with van der Waals surface area (Å²) >= 11 is 1.04. The lowest BCUT2D eigenvalue weighted by molar-refractivity contribution is -0.139. The van der Waals surface area contributed by atoms with Crippen LogP contribution in [0.1, 0.15) is 11.3 Å². The molecule has 1 aliphatic heterocycles. The maximum absolute atomic E-state index is 12.7. The monoisotopic (exact) mass is 569 g/mol. The van der Waals surface area contributed by atoms with Crippen molar-refractivity contribution >= 4 is 56.6 Å². The summed E-state index contributed by atoms with van der Waals surface area (Å²) in [5, 5.41) is 7.70. The quantitative estimate of drug-likeness (QED) is 0.0388. The summed E-state index contributed by atoms with van der Waals surface area (Å²) in [6, 6.07) is 5.51. The van der Waals surface area contributed by atoms with Crippen LogP contribution in [0.5, 0.6) is 5.75 Å². The van der Waals surface area contributed by atoms with Gasteiger partial charge in [0.15, 0.2) is 17.5 Å². The molecule has 1 fully saturated rings. The lowest BCUT2D eigenvalue weighted by Crippen LogP contribution is -2.65. The largest absolute Gasteiger partial charge is 0.490 e. The molecule has 0 unspecified atom stereocenters. The number of nitrogens with two attached hydrogens (primary N) is 2. The molecule has 1 aromatic heterocycles. The van der Waals surface area contributed by atoms with Crippen LogP contribution < -0.4 is 21.5 Å². The number of nitrogen functional groups attached to an aromatic ring is 1. The van der Waals surface area contributed by atoms with Gasteiger partial charge in [-0.3, -0.25) is 23.9 Å². The van der Waals surface area contributed by atoms with Crippen molar-refractivity contribution in [3.05, 3.63) is 40.9 Å². The second kappa shape index (κ2) is 12.8. The van der Waals surface area contributed by atoms with E-state index in [0.717, 1.165) is 11.3 Å². The van der Waals surface area contributed by atoms with Crippen molar-refractivity contribution in [2.75, 3.05) is 38.6 Å². The van der Waals surface area contributed by atoms with Crippen molar-refractivity contribution in [1.29, 1.82) is 0 Å². The smallest absolute Gasteiger partial charge is 0.362 e. The Morgan fingerprint density at radius 3 is 2.63 bits per heavy atom. The first-order chi connectivity index (χ1) is 18.1. The van der Waals surface area contributed by atoms with Gasteiger partial charge < -0.3 is 31.1 Å². The van der Waals surface area contributed by atoms with Crippen molar-refractivity contribution in [2.24, 2.45) is 15.9 Å². The molecule has 0 spiro atoms. The fourth-order valence-electron chi connectivity index (χ4n) is 2.93. The zero-order chi connectivity index (χ0) is 27.7. The van der Waals surface area contributed by atoms with Crippen LogP contribution in [0.2, 0.25) is 0 Å². The van der Waals surface area contributed by atoms with Crippen LogP contribution in [0, 0.1) is 0 Å². The molecule has 204 valence electrons. The van der Waals surface area contributed by atoms with Gasteiger partial charge in [0, 0.05) is 10.9 Å². The van der Waals surface area contributed by atoms with E-state index < -0.39 is 34.7 Å². The number of nitrogens with zero attached hydrogens (tertiary/aromatic N) is 4. The minimum Gasteiger partial charge on any atom is -0.490 e. The number of benzene rings is 1. The van der Waals surface area contributed by atoms with E-state index in [1.165, 1.54) is 5.38 Å². The summed E-state index contributed by atoms with van der Waals surface area (Å²) in [6.45, 7) is 0.227. The van der Waals surface area contributed by atoms with E-state index in [-0.39, 0.29) is 53.0 Å². The molecule has 0 radical (unpaired) electrons. The number of hydrogen-bond acceptors (Lipinski definition) is 13. The van der Waals surface area contributed by atoms with Gasteiger partial charge in [-0.2, -0.15) is 8.42 Å². The number of nitrogens with one attached hydrogen (secondary N) is 1. The molecule has 0 bridgehead atoms. The molecule has 0 aliphatic carbocycles. The molecule has 2 aromatic rings. The zero-order valence-corrected chi connectivity index (χ0v) is 21.2. The summed E-state index contributed by atoms with van der Waals surface area (Å²) in [6.07, 6.45) is 0. The molecule has 0 saturated carbocycles. The predicted molar refractivity (Wildman–Crippen MR) is 134 cm³/mol. The van der Waals surface area contributed by atoms with Crippen molar-refractivity contribution in [2.45, 2.75) is 6.04 Å². The van der Waals surface area contributed by atoms with E-state index in [0.29, 0.717) is 17.8 Å².